The third-order valence-corrected chi connectivity index (χ3v) is 3.70. The molecule has 5 heteroatoms. The maximum absolute atomic E-state index is 5.89. The standard InChI is InChI=1S/C13H21ClN4/c1-10-7-11(8-14)16-13(15-10)12-9-17(2)5-4-6-18(12)3/h7,12H,4-6,8-9H2,1-3H3. The zero-order valence-electron chi connectivity index (χ0n) is 11.4. The molecule has 1 aromatic heterocycles. The van der Waals surface area contributed by atoms with E-state index in [1.165, 1.54) is 6.42 Å². The Kier molecular flexibility index (Phi) is 4.54. The van der Waals surface area contributed by atoms with Gasteiger partial charge in [-0.1, -0.05) is 0 Å². The average molecular weight is 269 g/mol. The minimum Gasteiger partial charge on any atom is -0.304 e. The molecule has 2 heterocycles. The van der Waals surface area contributed by atoms with Gasteiger partial charge in [-0.05, 0) is 46.6 Å². The van der Waals surface area contributed by atoms with Crippen LogP contribution in [0.25, 0.3) is 0 Å². The minimum absolute atomic E-state index is 0.263. The highest BCUT2D eigenvalue weighted by atomic mass is 35.5. The van der Waals surface area contributed by atoms with Crippen LogP contribution in [0, 0.1) is 6.92 Å². The summed E-state index contributed by atoms with van der Waals surface area (Å²) >= 11 is 5.89. The van der Waals surface area contributed by atoms with E-state index >= 15 is 0 Å². The van der Waals surface area contributed by atoms with Crippen molar-refractivity contribution < 1.29 is 0 Å². The van der Waals surface area contributed by atoms with Gasteiger partial charge in [0.25, 0.3) is 0 Å². The summed E-state index contributed by atoms with van der Waals surface area (Å²) in [7, 11) is 4.31. The number of likely N-dealkylation sites (N-methyl/N-ethyl adjacent to an activating group) is 2. The Morgan fingerprint density at radius 2 is 2.11 bits per heavy atom. The van der Waals surface area contributed by atoms with Crippen LogP contribution in [0.5, 0.6) is 0 Å². The third kappa shape index (κ3) is 3.19. The fourth-order valence-corrected chi connectivity index (χ4v) is 2.56. The van der Waals surface area contributed by atoms with E-state index in [2.05, 4.69) is 33.9 Å². The Bertz CT molecular complexity index is 410. The van der Waals surface area contributed by atoms with Gasteiger partial charge in [-0.3, -0.25) is 4.90 Å². The van der Waals surface area contributed by atoms with Gasteiger partial charge in [-0.15, -0.1) is 11.6 Å². The molecule has 0 bridgehead atoms. The SMILES string of the molecule is Cc1cc(CCl)nc(C2CN(C)CCCN2C)n1. The first-order chi connectivity index (χ1) is 8.60. The van der Waals surface area contributed by atoms with Crippen molar-refractivity contribution in [3.8, 4) is 0 Å². The van der Waals surface area contributed by atoms with Crippen molar-refractivity contribution in [1.82, 2.24) is 19.8 Å². The van der Waals surface area contributed by atoms with Gasteiger partial charge >= 0.3 is 0 Å². The molecule has 1 aromatic rings. The topological polar surface area (TPSA) is 32.3 Å². The number of halogens is 1. The molecule has 0 aliphatic carbocycles. The summed E-state index contributed by atoms with van der Waals surface area (Å²) in [5, 5.41) is 0. The predicted molar refractivity (Wildman–Crippen MR) is 73.8 cm³/mol. The first-order valence-electron chi connectivity index (χ1n) is 6.39. The van der Waals surface area contributed by atoms with Crippen molar-refractivity contribution in [2.75, 3.05) is 33.7 Å². The van der Waals surface area contributed by atoms with E-state index in [9.17, 15) is 0 Å². The summed E-state index contributed by atoms with van der Waals surface area (Å²) in [5.41, 5.74) is 1.91. The summed E-state index contributed by atoms with van der Waals surface area (Å²) in [6.07, 6.45) is 1.19. The molecule has 0 amide bonds. The van der Waals surface area contributed by atoms with Gasteiger partial charge in [0.2, 0.25) is 0 Å². The maximum Gasteiger partial charge on any atom is 0.147 e. The van der Waals surface area contributed by atoms with Crippen LogP contribution in [0.15, 0.2) is 6.07 Å². The lowest BCUT2D eigenvalue weighted by Crippen LogP contribution is -2.32. The van der Waals surface area contributed by atoms with Crippen molar-refractivity contribution in [2.45, 2.75) is 25.3 Å². The highest BCUT2D eigenvalue weighted by Crippen LogP contribution is 2.21. The van der Waals surface area contributed by atoms with Gasteiger partial charge in [0, 0.05) is 12.2 Å². The molecule has 18 heavy (non-hydrogen) atoms. The first kappa shape index (κ1) is 13.7. The molecule has 100 valence electrons. The number of rotatable bonds is 2. The highest BCUT2D eigenvalue weighted by molar-refractivity contribution is 6.16. The van der Waals surface area contributed by atoms with E-state index in [1.54, 1.807) is 0 Å². The maximum atomic E-state index is 5.89. The summed E-state index contributed by atoms with van der Waals surface area (Å²) < 4.78 is 0. The van der Waals surface area contributed by atoms with Gasteiger partial charge in [0.05, 0.1) is 17.6 Å². The monoisotopic (exact) mass is 268 g/mol. The number of hydrogen-bond donors (Lipinski definition) is 0. The zero-order chi connectivity index (χ0) is 13.1. The Hall–Kier alpha value is -0.710. The number of alkyl halides is 1. The number of hydrogen-bond acceptors (Lipinski definition) is 4. The molecule has 2 rings (SSSR count). The summed E-state index contributed by atoms with van der Waals surface area (Å²) in [5.74, 6) is 1.35. The van der Waals surface area contributed by atoms with Crippen molar-refractivity contribution >= 4 is 11.6 Å². The van der Waals surface area contributed by atoms with Gasteiger partial charge in [-0.2, -0.15) is 0 Å². The fraction of sp³-hybridized carbons (Fsp3) is 0.692. The third-order valence-electron chi connectivity index (χ3n) is 3.43. The van der Waals surface area contributed by atoms with Gasteiger partial charge in [-0.25, -0.2) is 9.97 Å². The van der Waals surface area contributed by atoms with E-state index in [-0.39, 0.29) is 6.04 Å². The van der Waals surface area contributed by atoms with Crippen molar-refractivity contribution in [3.63, 3.8) is 0 Å². The molecular formula is C13H21ClN4. The molecule has 0 aromatic carbocycles. The van der Waals surface area contributed by atoms with E-state index in [0.29, 0.717) is 5.88 Å². The molecule has 0 spiro atoms. The molecule has 1 atom stereocenters. The second kappa shape index (κ2) is 5.95. The van der Waals surface area contributed by atoms with Crippen LogP contribution in [0.4, 0.5) is 0 Å². The molecule has 0 radical (unpaired) electrons. The van der Waals surface area contributed by atoms with E-state index < -0.39 is 0 Å². The lowest BCUT2D eigenvalue weighted by molar-refractivity contribution is 0.219. The molecule has 1 aliphatic rings. The number of aromatic nitrogens is 2. The number of aryl methyl sites for hydroxylation is 1. The molecule has 0 saturated carbocycles. The summed E-state index contributed by atoms with van der Waals surface area (Å²) in [6, 6.07) is 2.22. The quantitative estimate of drug-likeness (QED) is 0.766. The molecule has 4 nitrogen and oxygen atoms in total. The van der Waals surface area contributed by atoms with Crippen LogP contribution in [0.3, 0.4) is 0 Å². The smallest absolute Gasteiger partial charge is 0.147 e. The Morgan fingerprint density at radius 1 is 1.33 bits per heavy atom. The highest BCUT2D eigenvalue weighted by Gasteiger charge is 2.24. The van der Waals surface area contributed by atoms with E-state index in [4.69, 9.17) is 11.6 Å². The molecule has 0 N–H and O–H groups in total. The van der Waals surface area contributed by atoms with E-state index in [1.807, 2.05) is 13.0 Å². The lowest BCUT2D eigenvalue weighted by Gasteiger charge is -2.26. The van der Waals surface area contributed by atoms with Crippen LogP contribution in [0.1, 0.15) is 29.7 Å². The second-order valence-electron chi connectivity index (χ2n) is 5.10. The molecule has 1 aliphatic heterocycles. The Balaban J connectivity index is 2.29. The molecular weight excluding hydrogens is 248 g/mol. The lowest BCUT2D eigenvalue weighted by atomic mass is 10.2. The van der Waals surface area contributed by atoms with Crippen LogP contribution in [0.2, 0.25) is 0 Å². The van der Waals surface area contributed by atoms with E-state index in [0.717, 1.165) is 36.8 Å². The van der Waals surface area contributed by atoms with Gasteiger partial charge in [0.1, 0.15) is 5.82 Å². The average Bonchev–Trinajstić information content (AvgIpc) is 2.50. The predicted octanol–water partition coefficient (Wildman–Crippen LogP) is 1.83. The molecule has 1 unspecified atom stereocenters. The van der Waals surface area contributed by atoms with Crippen molar-refractivity contribution in [2.24, 2.45) is 0 Å². The Morgan fingerprint density at radius 3 is 2.83 bits per heavy atom. The van der Waals surface area contributed by atoms with Crippen LogP contribution in [-0.2, 0) is 5.88 Å². The van der Waals surface area contributed by atoms with Gasteiger partial charge < -0.3 is 4.90 Å². The van der Waals surface area contributed by atoms with Crippen LogP contribution >= 0.6 is 11.6 Å². The molecule has 1 fully saturated rings. The number of nitrogens with zero attached hydrogens (tertiary/aromatic N) is 4. The fourth-order valence-electron chi connectivity index (χ4n) is 2.43. The first-order valence-corrected chi connectivity index (χ1v) is 6.93. The summed E-state index contributed by atoms with van der Waals surface area (Å²) in [6.45, 7) is 5.20. The van der Waals surface area contributed by atoms with Crippen molar-refractivity contribution in [1.29, 1.82) is 0 Å². The van der Waals surface area contributed by atoms with Crippen LogP contribution in [-0.4, -0.2) is 53.5 Å². The summed E-state index contributed by atoms with van der Waals surface area (Å²) in [4.78, 5) is 13.9. The Labute approximate surface area is 114 Å². The van der Waals surface area contributed by atoms with Crippen LogP contribution < -0.4 is 0 Å². The van der Waals surface area contributed by atoms with Crippen molar-refractivity contribution in [3.05, 3.63) is 23.3 Å². The largest absolute Gasteiger partial charge is 0.304 e. The normalized spacial score (nSPS) is 23.0. The second-order valence-corrected chi connectivity index (χ2v) is 5.37. The molecule has 1 saturated heterocycles. The van der Waals surface area contributed by atoms with Gasteiger partial charge in [0.15, 0.2) is 0 Å². The minimum atomic E-state index is 0.263. The zero-order valence-corrected chi connectivity index (χ0v) is 12.1.